The van der Waals surface area contributed by atoms with E-state index in [9.17, 15) is 8.42 Å². The summed E-state index contributed by atoms with van der Waals surface area (Å²) < 4.78 is 33.9. The lowest BCUT2D eigenvalue weighted by Crippen LogP contribution is -2.40. The van der Waals surface area contributed by atoms with Crippen LogP contribution in [0.25, 0.3) is 0 Å². The van der Waals surface area contributed by atoms with E-state index in [1.54, 1.807) is 36.4 Å². The third-order valence-electron chi connectivity index (χ3n) is 4.71. The average Bonchev–Trinajstić information content (AvgIpc) is 2.69. The fraction of sp³-hybridized carbons (Fsp3) is 0.136. The van der Waals surface area contributed by atoms with E-state index in [1.807, 2.05) is 26.0 Å². The number of aryl methyl sites for hydroxylation is 2. The summed E-state index contributed by atoms with van der Waals surface area (Å²) in [5.41, 5.74) is 3.59. The number of aliphatic imine (C=N–C) groups is 1. The second-order valence-corrected chi connectivity index (χ2v) is 9.05. The summed E-state index contributed by atoms with van der Waals surface area (Å²) in [5.74, 6) is 0.904. The molecule has 0 bridgehead atoms. The molecule has 1 heterocycles. The van der Waals surface area contributed by atoms with Gasteiger partial charge in [-0.3, -0.25) is 0 Å². The number of para-hydroxylation sites is 2. The first-order valence-corrected chi connectivity index (χ1v) is 11.2. The minimum atomic E-state index is -3.79. The van der Waals surface area contributed by atoms with Crippen molar-refractivity contribution in [3.05, 3.63) is 82.4 Å². The zero-order valence-electron chi connectivity index (χ0n) is 16.4. The van der Waals surface area contributed by atoms with E-state index in [0.717, 1.165) is 16.7 Å². The molecular formula is C22H20ClN3O3S. The van der Waals surface area contributed by atoms with Crippen molar-refractivity contribution in [3.8, 4) is 11.5 Å². The molecule has 0 saturated carbocycles. The summed E-state index contributed by atoms with van der Waals surface area (Å²) in [6.45, 7) is 4.36. The van der Waals surface area contributed by atoms with Crippen LogP contribution in [0.2, 0.25) is 5.02 Å². The van der Waals surface area contributed by atoms with Crippen molar-refractivity contribution in [3.63, 3.8) is 0 Å². The van der Waals surface area contributed by atoms with Crippen molar-refractivity contribution < 1.29 is 13.2 Å². The van der Waals surface area contributed by atoms with Crippen LogP contribution in [-0.4, -0.2) is 14.4 Å². The van der Waals surface area contributed by atoms with Gasteiger partial charge >= 0.3 is 0 Å². The third-order valence-corrected chi connectivity index (χ3v) is 6.41. The molecular weight excluding hydrogens is 422 g/mol. The minimum Gasteiger partial charge on any atom is -0.454 e. The van der Waals surface area contributed by atoms with Gasteiger partial charge in [-0.1, -0.05) is 53.6 Å². The van der Waals surface area contributed by atoms with Crippen LogP contribution in [0.3, 0.4) is 0 Å². The Hall–Kier alpha value is -3.03. The number of ether oxygens (including phenoxy) is 1. The van der Waals surface area contributed by atoms with Crippen LogP contribution in [0.15, 0.2) is 70.6 Å². The summed E-state index contributed by atoms with van der Waals surface area (Å²) in [5, 5.41) is 3.48. The van der Waals surface area contributed by atoms with Gasteiger partial charge in [0.15, 0.2) is 5.75 Å². The number of fused-ring (bicyclic) bond motifs is 1. The first kappa shape index (κ1) is 20.3. The number of hydrogen-bond donors (Lipinski definition) is 2. The summed E-state index contributed by atoms with van der Waals surface area (Å²) >= 11 is 6.19. The summed E-state index contributed by atoms with van der Waals surface area (Å²) in [4.78, 5) is 4.52. The van der Waals surface area contributed by atoms with Crippen LogP contribution >= 0.6 is 11.6 Å². The zero-order valence-corrected chi connectivity index (χ0v) is 18.0. The number of guanidine groups is 1. The first-order valence-electron chi connectivity index (χ1n) is 9.29. The van der Waals surface area contributed by atoms with Crippen LogP contribution in [0.1, 0.15) is 16.7 Å². The molecule has 0 saturated heterocycles. The lowest BCUT2D eigenvalue weighted by molar-refractivity contribution is 0.483. The maximum atomic E-state index is 12.8. The Morgan fingerprint density at radius 1 is 1.00 bits per heavy atom. The smallest absolute Gasteiger partial charge is 0.266 e. The van der Waals surface area contributed by atoms with Crippen molar-refractivity contribution in [1.82, 2.24) is 4.72 Å². The van der Waals surface area contributed by atoms with Crippen LogP contribution in [0, 0.1) is 13.8 Å². The molecule has 0 spiro atoms. The standard InChI is InChI=1S/C22H20ClN3O3S/c1-14-10-11-16(15(2)12-14)13-24-22-25-21-19(29-18-7-4-3-6-17(18)23)8-5-9-20(21)30(27,28)26-22/h3-12H,13H2,1-2H3,(H2,24,25,26). The van der Waals surface area contributed by atoms with Gasteiger partial charge in [0.25, 0.3) is 10.0 Å². The van der Waals surface area contributed by atoms with Gasteiger partial charge in [-0.25, -0.2) is 18.1 Å². The molecule has 1 aliphatic heterocycles. The number of halogens is 1. The van der Waals surface area contributed by atoms with E-state index >= 15 is 0 Å². The molecule has 3 aromatic carbocycles. The third kappa shape index (κ3) is 4.13. The van der Waals surface area contributed by atoms with Gasteiger partial charge in [0.05, 0.1) is 11.6 Å². The van der Waals surface area contributed by atoms with Crippen LogP contribution in [0.4, 0.5) is 5.69 Å². The van der Waals surface area contributed by atoms with Gasteiger partial charge in [0, 0.05) is 0 Å². The molecule has 2 N–H and O–H groups in total. The Balaban J connectivity index is 1.68. The van der Waals surface area contributed by atoms with E-state index in [0.29, 0.717) is 28.8 Å². The highest BCUT2D eigenvalue weighted by atomic mass is 35.5. The van der Waals surface area contributed by atoms with Crippen molar-refractivity contribution in [1.29, 1.82) is 0 Å². The van der Waals surface area contributed by atoms with Gasteiger partial charge in [-0.2, -0.15) is 0 Å². The maximum absolute atomic E-state index is 12.8. The monoisotopic (exact) mass is 441 g/mol. The van der Waals surface area contributed by atoms with E-state index in [4.69, 9.17) is 16.3 Å². The molecule has 30 heavy (non-hydrogen) atoms. The van der Waals surface area contributed by atoms with Crippen molar-refractivity contribution in [2.75, 3.05) is 5.32 Å². The molecule has 0 amide bonds. The molecule has 0 atom stereocenters. The quantitative estimate of drug-likeness (QED) is 0.596. The highest BCUT2D eigenvalue weighted by Gasteiger charge is 2.29. The predicted molar refractivity (Wildman–Crippen MR) is 119 cm³/mol. The van der Waals surface area contributed by atoms with Crippen LogP contribution < -0.4 is 14.8 Å². The molecule has 154 valence electrons. The molecule has 1 aliphatic rings. The number of nitrogens with zero attached hydrogens (tertiary/aromatic N) is 1. The maximum Gasteiger partial charge on any atom is 0.266 e. The molecule has 3 aromatic rings. The lowest BCUT2D eigenvalue weighted by Gasteiger charge is -2.24. The van der Waals surface area contributed by atoms with Crippen molar-refractivity contribution in [2.45, 2.75) is 25.3 Å². The van der Waals surface area contributed by atoms with Crippen molar-refractivity contribution >= 4 is 33.3 Å². The molecule has 0 aliphatic carbocycles. The summed E-state index contributed by atoms with van der Waals surface area (Å²) in [6, 6.07) is 17.9. The molecule has 6 nitrogen and oxygen atoms in total. The number of rotatable bonds is 4. The highest BCUT2D eigenvalue weighted by Crippen LogP contribution is 2.38. The topological polar surface area (TPSA) is 79.8 Å². The lowest BCUT2D eigenvalue weighted by atomic mass is 10.1. The second kappa shape index (κ2) is 8.01. The average molecular weight is 442 g/mol. The van der Waals surface area contributed by atoms with Crippen LogP contribution in [-0.2, 0) is 16.6 Å². The van der Waals surface area contributed by atoms with E-state index in [1.165, 1.54) is 6.07 Å². The molecule has 0 unspecified atom stereocenters. The Bertz CT molecular complexity index is 1260. The highest BCUT2D eigenvalue weighted by molar-refractivity contribution is 7.90. The Morgan fingerprint density at radius 2 is 1.77 bits per heavy atom. The molecule has 0 fully saturated rings. The van der Waals surface area contributed by atoms with Gasteiger partial charge in [-0.15, -0.1) is 0 Å². The Morgan fingerprint density at radius 3 is 2.53 bits per heavy atom. The fourth-order valence-electron chi connectivity index (χ4n) is 3.17. The van der Waals surface area contributed by atoms with E-state index < -0.39 is 10.0 Å². The summed E-state index contributed by atoms with van der Waals surface area (Å²) in [7, 11) is -3.79. The Kier molecular flexibility index (Phi) is 5.40. The second-order valence-electron chi connectivity index (χ2n) is 6.99. The van der Waals surface area contributed by atoms with E-state index in [-0.39, 0.29) is 10.9 Å². The Labute approximate surface area is 180 Å². The van der Waals surface area contributed by atoms with Crippen LogP contribution in [0.5, 0.6) is 11.5 Å². The summed E-state index contributed by atoms with van der Waals surface area (Å²) in [6.07, 6.45) is 0. The molecule has 0 aromatic heterocycles. The number of nitrogens with one attached hydrogen (secondary N) is 2. The predicted octanol–water partition coefficient (Wildman–Crippen LogP) is 5.01. The SMILES string of the molecule is Cc1ccc(CN=C2Nc3c(Oc4ccccc4Cl)cccc3S(=O)(=O)N2)c(C)c1. The fourth-order valence-corrected chi connectivity index (χ4v) is 4.51. The van der Waals surface area contributed by atoms with Gasteiger partial charge in [-0.05, 0) is 49.2 Å². The largest absolute Gasteiger partial charge is 0.454 e. The minimum absolute atomic E-state index is 0.0810. The van der Waals surface area contributed by atoms with E-state index in [2.05, 4.69) is 21.1 Å². The van der Waals surface area contributed by atoms with Gasteiger partial charge in [0.2, 0.25) is 5.96 Å². The first-order chi connectivity index (χ1) is 14.3. The van der Waals surface area contributed by atoms with Gasteiger partial charge in [0.1, 0.15) is 16.3 Å². The van der Waals surface area contributed by atoms with Crippen molar-refractivity contribution in [2.24, 2.45) is 4.99 Å². The number of sulfonamides is 1. The normalized spacial score (nSPS) is 15.8. The molecule has 0 radical (unpaired) electrons. The number of benzene rings is 3. The number of anilines is 1. The zero-order chi connectivity index (χ0) is 21.3. The van der Waals surface area contributed by atoms with Gasteiger partial charge < -0.3 is 10.1 Å². The molecule has 4 rings (SSSR count). The molecule has 8 heteroatoms. The number of hydrogen-bond acceptors (Lipinski definition) is 4.